The van der Waals surface area contributed by atoms with E-state index in [1.54, 1.807) is 10.7 Å². The van der Waals surface area contributed by atoms with Crippen LogP contribution in [-0.2, 0) is 0 Å². The van der Waals surface area contributed by atoms with Crippen LogP contribution in [0.5, 0.6) is 5.75 Å². The van der Waals surface area contributed by atoms with Crippen LogP contribution < -0.4 is 4.74 Å². The third kappa shape index (κ3) is 3.15. The second-order valence-corrected chi connectivity index (χ2v) is 5.99. The Bertz CT molecular complexity index is 976. The van der Waals surface area contributed by atoms with Crippen LogP contribution in [0, 0.1) is 5.82 Å². The van der Waals surface area contributed by atoms with E-state index in [1.165, 1.54) is 13.0 Å². The lowest BCUT2D eigenvalue weighted by atomic mass is 10.1. The first-order chi connectivity index (χ1) is 11.9. The van der Waals surface area contributed by atoms with Crippen LogP contribution in [-0.4, -0.2) is 21.5 Å². The second kappa shape index (κ2) is 6.47. The maximum Gasteiger partial charge on any atom is 0.364 e. The minimum absolute atomic E-state index is 0.0148. The van der Waals surface area contributed by atoms with E-state index in [4.69, 9.17) is 4.74 Å². The van der Waals surface area contributed by atoms with Crippen molar-refractivity contribution >= 4 is 22.7 Å². The smallest absolute Gasteiger partial charge is 0.364 e. The summed E-state index contributed by atoms with van der Waals surface area (Å²) in [6, 6.07) is 10.9. The SMILES string of the molecule is CC(=O)c1cc(F)ccc1OC(=O)c1nn(C(C)C)c2ccccc12. The molecule has 5 nitrogen and oxygen atoms in total. The number of hydrogen-bond donors (Lipinski definition) is 0. The maximum absolute atomic E-state index is 13.4. The summed E-state index contributed by atoms with van der Waals surface area (Å²) in [6.07, 6.45) is 0. The number of ketones is 1. The molecule has 128 valence electrons. The fourth-order valence-corrected chi connectivity index (χ4v) is 2.65. The minimum Gasteiger partial charge on any atom is -0.421 e. The van der Waals surface area contributed by atoms with Gasteiger partial charge in [-0.25, -0.2) is 9.18 Å². The van der Waals surface area contributed by atoms with Crippen molar-refractivity contribution in [2.45, 2.75) is 26.8 Å². The number of hydrogen-bond acceptors (Lipinski definition) is 4. The Labute approximate surface area is 144 Å². The Morgan fingerprint density at radius 1 is 1.16 bits per heavy atom. The topological polar surface area (TPSA) is 61.2 Å². The molecule has 0 aliphatic rings. The zero-order valence-electron chi connectivity index (χ0n) is 14.1. The van der Waals surface area contributed by atoms with E-state index < -0.39 is 11.8 Å². The summed E-state index contributed by atoms with van der Waals surface area (Å²) in [4.78, 5) is 24.3. The number of carbonyl (C=O) groups is 2. The fourth-order valence-electron chi connectivity index (χ4n) is 2.65. The van der Waals surface area contributed by atoms with Gasteiger partial charge >= 0.3 is 5.97 Å². The average molecular weight is 340 g/mol. The van der Waals surface area contributed by atoms with Gasteiger partial charge in [0.05, 0.1) is 11.1 Å². The molecule has 1 heterocycles. The molecular weight excluding hydrogens is 323 g/mol. The molecule has 0 atom stereocenters. The third-order valence-corrected chi connectivity index (χ3v) is 3.82. The van der Waals surface area contributed by atoms with Gasteiger partial charge in [-0.05, 0) is 45.0 Å². The van der Waals surface area contributed by atoms with Crippen LogP contribution >= 0.6 is 0 Å². The average Bonchev–Trinajstić information content (AvgIpc) is 2.96. The maximum atomic E-state index is 13.4. The molecule has 2 aromatic carbocycles. The highest BCUT2D eigenvalue weighted by Crippen LogP contribution is 2.25. The van der Waals surface area contributed by atoms with Gasteiger partial charge in [-0.15, -0.1) is 0 Å². The van der Waals surface area contributed by atoms with E-state index >= 15 is 0 Å². The largest absolute Gasteiger partial charge is 0.421 e. The van der Waals surface area contributed by atoms with Gasteiger partial charge in [0.1, 0.15) is 11.6 Å². The Morgan fingerprint density at radius 3 is 2.56 bits per heavy atom. The number of nitrogens with zero attached hydrogens (tertiary/aromatic N) is 2. The standard InChI is InChI=1S/C19H17FN2O3/c1-11(2)22-16-7-5-4-6-14(16)18(21-22)19(24)25-17-9-8-13(20)10-15(17)12(3)23/h4-11H,1-3H3. The van der Waals surface area contributed by atoms with Gasteiger partial charge < -0.3 is 4.74 Å². The van der Waals surface area contributed by atoms with Crippen LogP contribution in [0.25, 0.3) is 10.9 Å². The van der Waals surface area contributed by atoms with Gasteiger partial charge in [0.25, 0.3) is 0 Å². The first kappa shape index (κ1) is 16.8. The molecule has 0 saturated carbocycles. The number of fused-ring (bicyclic) bond motifs is 1. The molecule has 0 bridgehead atoms. The third-order valence-electron chi connectivity index (χ3n) is 3.82. The van der Waals surface area contributed by atoms with Crippen molar-refractivity contribution in [3.63, 3.8) is 0 Å². The van der Waals surface area contributed by atoms with Gasteiger partial charge in [0.2, 0.25) is 0 Å². The molecule has 0 amide bonds. The van der Waals surface area contributed by atoms with Crippen LogP contribution in [0.2, 0.25) is 0 Å². The lowest BCUT2D eigenvalue weighted by Crippen LogP contribution is -2.13. The zero-order valence-corrected chi connectivity index (χ0v) is 14.1. The highest BCUT2D eigenvalue weighted by molar-refractivity contribution is 6.04. The van der Waals surface area contributed by atoms with Crippen molar-refractivity contribution < 1.29 is 18.7 Å². The predicted octanol–water partition coefficient (Wildman–Crippen LogP) is 4.18. The number of carbonyl (C=O) groups excluding carboxylic acids is 2. The molecule has 0 unspecified atom stereocenters. The number of para-hydroxylation sites is 1. The summed E-state index contributed by atoms with van der Waals surface area (Å²) in [5.41, 5.74) is 0.986. The molecule has 6 heteroatoms. The first-order valence-electron chi connectivity index (χ1n) is 7.88. The van der Waals surface area contributed by atoms with Crippen LogP contribution in [0.1, 0.15) is 47.7 Å². The van der Waals surface area contributed by atoms with E-state index in [2.05, 4.69) is 5.10 Å². The number of Topliss-reactive ketones (excluding diaryl/α,β-unsaturated/α-hetero) is 1. The molecule has 0 radical (unpaired) electrons. The van der Waals surface area contributed by atoms with Crippen molar-refractivity contribution in [3.8, 4) is 5.75 Å². The Kier molecular flexibility index (Phi) is 4.35. The summed E-state index contributed by atoms with van der Waals surface area (Å²) in [7, 11) is 0. The fraction of sp³-hybridized carbons (Fsp3) is 0.211. The molecule has 0 fully saturated rings. The van der Waals surface area contributed by atoms with Gasteiger partial charge in [-0.1, -0.05) is 18.2 Å². The van der Waals surface area contributed by atoms with Crippen LogP contribution in [0.4, 0.5) is 4.39 Å². The van der Waals surface area contributed by atoms with E-state index in [0.717, 1.165) is 17.6 Å². The Balaban J connectivity index is 2.03. The van der Waals surface area contributed by atoms with E-state index in [1.807, 2.05) is 32.0 Å². The zero-order chi connectivity index (χ0) is 18.1. The molecule has 0 N–H and O–H groups in total. The monoisotopic (exact) mass is 340 g/mol. The van der Waals surface area contributed by atoms with Gasteiger partial charge in [0.15, 0.2) is 11.5 Å². The molecule has 0 aliphatic heterocycles. The van der Waals surface area contributed by atoms with Gasteiger partial charge in [0, 0.05) is 11.4 Å². The normalized spacial score (nSPS) is 11.1. The number of esters is 1. The van der Waals surface area contributed by atoms with E-state index in [0.29, 0.717) is 5.39 Å². The van der Waals surface area contributed by atoms with Crippen molar-refractivity contribution in [1.29, 1.82) is 0 Å². The first-order valence-corrected chi connectivity index (χ1v) is 7.88. The minimum atomic E-state index is -0.690. The molecule has 3 aromatic rings. The number of rotatable bonds is 4. The lowest BCUT2D eigenvalue weighted by molar-refractivity contribution is 0.0727. The number of aromatic nitrogens is 2. The molecule has 0 aliphatic carbocycles. The quantitative estimate of drug-likeness (QED) is 0.406. The summed E-state index contributed by atoms with van der Waals surface area (Å²) in [6.45, 7) is 5.21. The molecular formula is C19H17FN2O3. The molecule has 3 rings (SSSR count). The number of halogens is 1. The van der Waals surface area contributed by atoms with Crippen LogP contribution in [0.3, 0.4) is 0 Å². The molecule has 0 saturated heterocycles. The second-order valence-electron chi connectivity index (χ2n) is 5.99. The van der Waals surface area contributed by atoms with E-state index in [-0.39, 0.29) is 28.8 Å². The van der Waals surface area contributed by atoms with E-state index in [9.17, 15) is 14.0 Å². The number of benzene rings is 2. The predicted molar refractivity (Wildman–Crippen MR) is 91.5 cm³/mol. The van der Waals surface area contributed by atoms with Gasteiger partial charge in [-0.2, -0.15) is 5.10 Å². The highest BCUT2D eigenvalue weighted by atomic mass is 19.1. The molecule has 25 heavy (non-hydrogen) atoms. The molecule has 0 spiro atoms. The molecule has 1 aromatic heterocycles. The Hall–Kier alpha value is -3.02. The van der Waals surface area contributed by atoms with Crippen molar-refractivity contribution in [1.82, 2.24) is 9.78 Å². The summed E-state index contributed by atoms with van der Waals surface area (Å²) in [5.74, 6) is -1.63. The number of ether oxygens (including phenoxy) is 1. The van der Waals surface area contributed by atoms with Crippen molar-refractivity contribution in [3.05, 3.63) is 59.5 Å². The summed E-state index contributed by atoms with van der Waals surface area (Å²) >= 11 is 0. The van der Waals surface area contributed by atoms with Crippen molar-refractivity contribution in [2.75, 3.05) is 0 Å². The van der Waals surface area contributed by atoms with Gasteiger partial charge in [-0.3, -0.25) is 9.48 Å². The summed E-state index contributed by atoms with van der Waals surface area (Å²) < 4.78 is 20.4. The van der Waals surface area contributed by atoms with Crippen molar-refractivity contribution in [2.24, 2.45) is 0 Å². The lowest BCUT2D eigenvalue weighted by Gasteiger charge is -2.07. The van der Waals surface area contributed by atoms with Crippen LogP contribution in [0.15, 0.2) is 42.5 Å². The Morgan fingerprint density at radius 2 is 1.88 bits per heavy atom. The highest BCUT2D eigenvalue weighted by Gasteiger charge is 2.22. The summed E-state index contributed by atoms with van der Waals surface area (Å²) in [5, 5.41) is 5.02.